The fourth-order valence-electron chi connectivity index (χ4n) is 3.43. The minimum absolute atomic E-state index is 0.290. The largest absolute Gasteiger partial charge is 0.481 e. The van der Waals surface area contributed by atoms with E-state index in [0.717, 1.165) is 38.3 Å². The molecule has 1 fully saturated rings. The first-order chi connectivity index (χ1) is 11.7. The second-order valence-corrected chi connectivity index (χ2v) is 6.42. The number of piperidine rings is 1. The molecule has 0 aromatic carbocycles. The van der Waals surface area contributed by atoms with Gasteiger partial charge in [0.05, 0.1) is 32.2 Å². The number of likely N-dealkylation sites (tertiary alicyclic amines) is 1. The molecule has 0 aliphatic carbocycles. The van der Waals surface area contributed by atoms with E-state index in [9.17, 15) is 4.39 Å². The number of ether oxygens (including phenoxy) is 1. The van der Waals surface area contributed by atoms with Crippen LogP contribution in [-0.2, 0) is 6.42 Å². The van der Waals surface area contributed by atoms with E-state index in [0.29, 0.717) is 28.9 Å². The maximum atomic E-state index is 14.3. The van der Waals surface area contributed by atoms with Gasteiger partial charge in [-0.2, -0.15) is 0 Å². The Labute approximate surface area is 143 Å². The highest BCUT2D eigenvalue weighted by Crippen LogP contribution is 2.24. The van der Waals surface area contributed by atoms with Crippen LogP contribution in [-0.4, -0.2) is 49.5 Å². The number of aromatic nitrogens is 2. The Hall–Kier alpha value is -1.69. The van der Waals surface area contributed by atoms with Gasteiger partial charge in [0.15, 0.2) is 0 Å². The highest BCUT2D eigenvalue weighted by Gasteiger charge is 2.19. The molecule has 24 heavy (non-hydrogen) atoms. The molecule has 2 radical (unpaired) electrons. The van der Waals surface area contributed by atoms with Crippen molar-refractivity contribution < 1.29 is 9.13 Å². The smallest absolute Gasteiger partial charge is 0.213 e. The molecule has 2 aromatic heterocycles. The van der Waals surface area contributed by atoms with Gasteiger partial charge in [-0.05, 0) is 44.3 Å². The fraction of sp³-hybridized carbons (Fsp3) is 0.556. The normalized spacial score (nSPS) is 16.6. The summed E-state index contributed by atoms with van der Waals surface area (Å²) >= 11 is 0. The summed E-state index contributed by atoms with van der Waals surface area (Å²) in [6, 6.07) is 3.57. The van der Waals surface area contributed by atoms with Crippen LogP contribution in [0.3, 0.4) is 0 Å². The van der Waals surface area contributed by atoms with Gasteiger partial charge in [-0.15, -0.1) is 0 Å². The zero-order valence-electron chi connectivity index (χ0n) is 14.2. The zero-order chi connectivity index (χ0) is 16.9. The van der Waals surface area contributed by atoms with Crippen molar-refractivity contribution in [3.05, 3.63) is 29.7 Å². The average Bonchev–Trinajstić information content (AvgIpc) is 2.62. The van der Waals surface area contributed by atoms with Crippen molar-refractivity contribution >= 4 is 18.9 Å². The Morgan fingerprint density at radius 2 is 2.12 bits per heavy atom. The van der Waals surface area contributed by atoms with Gasteiger partial charge in [0, 0.05) is 18.2 Å². The van der Waals surface area contributed by atoms with Crippen LogP contribution in [0.25, 0.3) is 11.0 Å². The predicted molar refractivity (Wildman–Crippen MR) is 94.1 cm³/mol. The number of halogens is 1. The number of hydrogen-bond acceptors (Lipinski definition) is 4. The zero-order valence-corrected chi connectivity index (χ0v) is 14.2. The molecule has 6 heteroatoms. The van der Waals surface area contributed by atoms with Crippen LogP contribution in [0.2, 0.25) is 6.32 Å². The van der Waals surface area contributed by atoms with Gasteiger partial charge in [-0.25, -0.2) is 9.37 Å². The molecule has 0 amide bonds. The molecule has 3 heterocycles. The van der Waals surface area contributed by atoms with Crippen LogP contribution in [0.15, 0.2) is 18.3 Å². The topological polar surface area (TPSA) is 38.2 Å². The van der Waals surface area contributed by atoms with Crippen LogP contribution in [0.5, 0.6) is 5.88 Å². The van der Waals surface area contributed by atoms with Crippen LogP contribution in [0.1, 0.15) is 24.8 Å². The molecule has 1 aliphatic heterocycles. The first kappa shape index (κ1) is 17.1. The van der Waals surface area contributed by atoms with E-state index >= 15 is 0 Å². The molecule has 4 nitrogen and oxygen atoms in total. The van der Waals surface area contributed by atoms with Crippen molar-refractivity contribution in [3.8, 4) is 5.88 Å². The number of fused-ring (bicyclic) bond motifs is 1. The summed E-state index contributed by atoms with van der Waals surface area (Å²) in [5.41, 5.74) is 1.93. The molecule has 3 rings (SSSR count). The Bertz CT molecular complexity index is 689. The second-order valence-electron chi connectivity index (χ2n) is 6.42. The summed E-state index contributed by atoms with van der Waals surface area (Å²) in [4.78, 5) is 10.9. The molecular formula is C18H23BFN3O. The first-order valence-corrected chi connectivity index (χ1v) is 8.61. The second kappa shape index (κ2) is 7.93. The van der Waals surface area contributed by atoms with E-state index in [2.05, 4.69) is 14.9 Å². The lowest BCUT2D eigenvalue weighted by atomic mass is 9.87. The monoisotopic (exact) mass is 327 g/mol. The lowest BCUT2D eigenvalue weighted by Crippen LogP contribution is -2.35. The minimum Gasteiger partial charge on any atom is -0.481 e. The van der Waals surface area contributed by atoms with Crippen molar-refractivity contribution in [2.24, 2.45) is 5.92 Å². The third-order valence-corrected chi connectivity index (χ3v) is 4.91. The van der Waals surface area contributed by atoms with Crippen LogP contribution >= 0.6 is 0 Å². The van der Waals surface area contributed by atoms with E-state index in [1.165, 1.54) is 19.0 Å². The van der Waals surface area contributed by atoms with Gasteiger partial charge in [0.1, 0.15) is 5.82 Å². The van der Waals surface area contributed by atoms with Crippen LogP contribution in [0, 0.1) is 11.7 Å². The predicted octanol–water partition coefficient (Wildman–Crippen LogP) is 3.01. The summed E-state index contributed by atoms with van der Waals surface area (Å²) in [6.07, 6.45) is 6.17. The summed E-state index contributed by atoms with van der Waals surface area (Å²) in [5.74, 6) is 0.940. The highest BCUT2D eigenvalue weighted by atomic mass is 19.1. The molecule has 0 saturated carbocycles. The number of hydrogen-bond donors (Lipinski definition) is 0. The maximum Gasteiger partial charge on any atom is 0.213 e. The molecule has 0 N–H and O–H groups in total. The van der Waals surface area contributed by atoms with E-state index in [4.69, 9.17) is 12.6 Å². The molecule has 2 aromatic rings. The molecule has 1 saturated heterocycles. The molecule has 0 atom stereocenters. The SMILES string of the molecule is [B]CCC1CCN(CCc2c(F)cnc3ccc(OC)nc23)CC1. The van der Waals surface area contributed by atoms with E-state index in [1.54, 1.807) is 13.2 Å². The van der Waals surface area contributed by atoms with Crippen LogP contribution < -0.4 is 4.74 Å². The lowest BCUT2D eigenvalue weighted by molar-refractivity contribution is 0.183. The third kappa shape index (κ3) is 3.86. The van der Waals surface area contributed by atoms with Crippen LogP contribution in [0.4, 0.5) is 4.39 Å². The standard InChI is InChI=1S/C18H23BFN3O/c1-24-17-3-2-16-18(22-17)14(15(20)12-21-16)7-11-23-9-5-13(4-8-19)6-10-23/h2-3,12-13H,4-11H2,1H3. The number of pyridine rings is 2. The summed E-state index contributed by atoms with van der Waals surface area (Å²) in [7, 11) is 7.21. The average molecular weight is 327 g/mol. The van der Waals surface area contributed by atoms with Crippen molar-refractivity contribution in [2.75, 3.05) is 26.7 Å². The van der Waals surface area contributed by atoms with Gasteiger partial charge in [-0.3, -0.25) is 4.98 Å². The van der Waals surface area contributed by atoms with Crippen molar-refractivity contribution in [1.29, 1.82) is 0 Å². The minimum atomic E-state index is -0.290. The Kier molecular flexibility index (Phi) is 5.66. The van der Waals surface area contributed by atoms with E-state index in [-0.39, 0.29) is 5.82 Å². The van der Waals surface area contributed by atoms with Gasteiger partial charge in [0.25, 0.3) is 0 Å². The number of rotatable bonds is 6. The first-order valence-electron chi connectivity index (χ1n) is 8.61. The van der Waals surface area contributed by atoms with E-state index < -0.39 is 0 Å². The molecule has 0 unspecified atom stereocenters. The maximum absolute atomic E-state index is 14.3. The molecule has 126 valence electrons. The van der Waals surface area contributed by atoms with Crippen molar-refractivity contribution in [2.45, 2.75) is 32.0 Å². The van der Waals surface area contributed by atoms with Gasteiger partial charge >= 0.3 is 0 Å². The van der Waals surface area contributed by atoms with Crippen molar-refractivity contribution in [1.82, 2.24) is 14.9 Å². The number of nitrogens with zero attached hydrogens (tertiary/aromatic N) is 3. The fourth-order valence-corrected chi connectivity index (χ4v) is 3.43. The molecule has 0 bridgehead atoms. The van der Waals surface area contributed by atoms with Gasteiger partial charge < -0.3 is 9.64 Å². The number of methoxy groups -OCH3 is 1. The molecule has 0 spiro atoms. The van der Waals surface area contributed by atoms with Crippen molar-refractivity contribution in [3.63, 3.8) is 0 Å². The lowest BCUT2D eigenvalue weighted by Gasteiger charge is -2.32. The summed E-state index contributed by atoms with van der Waals surface area (Å²) in [5, 5.41) is 0. The summed E-state index contributed by atoms with van der Waals surface area (Å²) < 4.78 is 19.5. The Balaban J connectivity index is 1.70. The highest BCUT2D eigenvalue weighted by molar-refractivity contribution is 6.08. The quantitative estimate of drug-likeness (QED) is 0.765. The molecular weight excluding hydrogens is 304 g/mol. The Morgan fingerprint density at radius 1 is 1.33 bits per heavy atom. The Morgan fingerprint density at radius 3 is 2.83 bits per heavy atom. The third-order valence-electron chi connectivity index (χ3n) is 4.91. The summed E-state index contributed by atoms with van der Waals surface area (Å²) in [6.45, 7) is 2.96. The van der Waals surface area contributed by atoms with Gasteiger partial charge in [-0.1, -0.05) is 12.7 Å². The van der Waals surface area contributed by atoms with E-state index in [1.807, 2.05) is 6.07 Å². The van der Waals surface area contributed by atoms with Gasteiger partial charge in [0.2, 0.25) is 5.88 Å². The molecule has 1 aliphatic rings.